The van der Waals surface area contributed by atoms with Gasteiger partial charge in [-0.1, -0.05) is 48.0 Å². The monoisotopic (exact) mass is 556 g/mol. The first-order chi connectivity index (χ1) is 18.2. The van der Waals surface area contributed by atoms with Crippen molar-refractivity contribution < 1.29 is 22.3 Å². The van der Waals surface area contributed by atoms with E-state index in [4.69, 9.17) is 16.3 Å². The summed E-state index contributed by atoms with van der Waals surface area (Å²) in [6.07, 6.45) is 1.68. The van der Waals surface area contributed by atoms with Crippen molar-refractivity contribution in [1.82, 2.24) is 13.9 Å². The Balaban J connectivity index is 1.65. The summed E-state index contributed by atoms with van der Waals surface area (Å²) in [7, 11) is -2.59. The number of ether oxygens (including phenoxy) is 1. The Kier molecular flexibility index (Phi) is 8.58. The minimum atomic E-state index is -4.03. The molecule has 8 nitrogen and oxygen atoms in total. The molecule has 1 aromatic heterocycles. The van der Waals surface area contributed by atoms with Crippen molar-refractivity contribution >= 4 is 33.5 Å². The Morgan fingerprint density at radius 2 is 1.82 bits per heavy atom. The normalized spacial score (nSPS) is 11.6. The second-order valence-electron chi connectivity index (χ2n) is 8.45. The number of methoxy groups -OCH3 is 1. The number of hydrogen-bond donors (Lipinski definition) is 1. The van der Waals surface area contributed by atoms with Gasteiger partial charge in [-0.05, 0) is 48.9 Å². The van der Waals surface area contributed by atoms with E-state index in [0.29, 0.717) is 22.0 Å². The highest BCUT2D eigenvalue weighted by atomic mass is 35.5. The molecule has 0 atom stereocenters. The minimum absolute atomic E-state index is 0.00574. The molecule has 0 unspecified atom stereocenters. The van der Waals surface area contributed by atoms with Gasteiger partial charge in [-0.25, -0.2) is 17.8 Å². The third-order valence-corrected chi connectivity index (χ3v) is 7.89. The van der Waals surface area contributed by atoms with Crippen LogP contribution in [-0.2, 0) is 19.6 Å². The third kappa shape index (κ3) is 6.28. The number of imidazole rings is 1. The molecule has 0 radical (unpaired) electrons. The number of carbonyl (C=O) groups excluding carboxylic acids is 1. The summed E-state index contributed by atoms with van der Waals surface area (Å²) < 4.78 is 48.6. The summed E-state index contributed by atoms with van der Waals surface area (Å²) in [5, 5.41) is 3.08. The predicted molar refractivity (Wildman–Crippen MR) is 144 cm³/mol. The van der Waals surface area contributed by atoms with Crippen molar-refractivity contribution in [3.05, 3.63) is 95.4 Å². The van der Waals surface area contributed by atoms with Gasteiger partial charge in [0.2, 0.25) is 21.9 Å². The fraction of sp³-hybridized carbons (Fsp3) is 0.185. The van der Waals surface area contributed by atoms with Crippen LogP contribution in [0.3, 0.4) is 0 Å². The van der Waals surface area contributed by atoms with Gasteiger partial charge in [0, 0.05) is 30.4 Å². The number of rotatable bonds is 10. The van der Waals surface area contributed by atoms with E-state index >= 15 is 0 Å². The number of carbonyl (C=O) groups is 1. The number of hydrogen-bond acceptors (Lipinski definition) is 5. The largest absolute Gasteiger partial charge is 0.383 e. The van der Waals surface area contributed by atoms with Gasteiger partial charge in [0.15, 0.2) is 0 Å². The zero-order valence-corrected chi connectivity index (χ0v) is 22.3. The lowest BCUT2D eigenvalue weighted by Gasteiger charge is -2.21. The molecule has 0 aliphatic carbocycles. The lowest BCUT2D eigenvalue weighted by molar-refractivity contribution is -0.116. The predicted octanol–water partition coefficient (Wildman–Crippen LogP) is 4.92. The number of benzene rings is 3. The molecule has 198 valence electrons. The first kappa shape index (κ1) is 27.5. The Morgan fingerprint density at radius 3 is 2.47 bits per heavy atom. The van der Waals surface area contributed by atoms with Crippen molar-refractivity contribution in [3.8, 4) is 16.9 Å². The topological polar surface area (TPSA) is 93.5 Å². The molecule has 0 fully saturated rings. The highest BCUT2D eigenvalue weighted by molar-refractivity contribution is 7.89. The number of nitrogens with zero attached hydrogens (tertiary/aromatic N) is 3. The van der Waals surface area contributed by atoms with Crippen LogP contribution in [0.15, 0.2) is 83.9 Å². The maximum absolute atomic E-state index is 14.4. The lowest BCUT2D eigenvalue weighted by Crippen LogP contribution is -2.40. The Labute approximate surface area is 225 Å². The highest BCUT2D eigenvalue weighted by Gasteiger charge is 2.27. The number of halogens is 2. The maximum atomic E-state index is 14.4. The number of amides is 1. The molecule has 3 aromatic carbocycles. The van der Waals surface area contributed by atoms with E-state index in [1.807, 2.05) is 30.3 Å². The van der Waals surface area contributed by atoms with E-state index in [1.54, 1.807) is 29.8 Å². The summed E-state index contributed by atoms with van der Waals surface area (Å²) in [6.45, 7) is 1.18. The second kappa shape index (κ2) is 11.9. The quantitative estimate of drug-likeness (QED) is 0.299. The molecule has 38 heavy (non-hydrogen) atoms. The van der Waals surface area contributed by atoms with Crippen LogP contribution in [0.1, 0.15) is 5.56 Å². The Bertz CT molecular complexity index is 1530. The van der Waals surface area contributed by atoms with Crippen LogP contribution < -0.4 is 5.32 Å². The van der Waals surface area contributed by atoms with E-state index in [2.05, 4.69) is 10.3 Å². The molecule has 1 amide bonds. The maximum Gasteiger partial charge on any atom is 0.243 e. The van der Waals surface area contributed by atoms with Crippen LogP contribution in [0.4, 0.5) is 10.3 Å². The van der Waals surface area contributed by atoms with E-state index in [0.717, 1.165) is 9.87 Å². The van der Waals surface area contributed by atoms with Gasteiger partial charge in [-0.15, -0.1) is 0 Å². The van der Waals surface area contributed by atoms with Crippen molar-refractivity contribution in [2.75, 3.05) is 32.1 Å². The molecule has 11 heteroatoms. The molecule has 1 N–H and O–H groups in total. The number of nitrogens with one attached hydrogen (secondary N) is 1. The fourth-order valence-electron chi connectivity index (χ4n) is 3.70. The number of sulfonamides is 1. The fourth-order valence-corrected chi connectivity index (χ4v) is 5.21. The first-order valence-electron chi connectivity index (χ1n) is 11.6. The van der Waals surface area contributed by atoms with E-state index in [-0.39, 0.29) is 24.0 Å². The molecule has 0 aliphatic rings. The van der Waals surface area contributed by atoms with Gasteiger partial charge in [0.05, 0.1) is 29.4 Å². The van der Waals surface area contributed by atoms with Crippen LogP contribution in [-0.4, -0.2) is 55.0 Å². The summed E-state index contributed by atoms with van der Waals surface area (Å²) >= 11 is 5.90. The van der Waals surface area contributed by atoms with Crippen molar-refractivity contribution in [3.63, 3.8) is 0 Å². The molecule has 0 spiro atoms. The number of anilines is 1. The summed E-state index contributed by atoms with van der Waals surface area (Å²) in [6, 6.07) is 19.7. The molecule has 4 rings (SSSR count). The standard InChI is InChI=1S/C27H26ClFN4O4S/c1-19-8-11-22(16-24(19)29)33-17-25(20-6-4-3-5-7-20)30-27(33)31-26(34)18-32(14-15-37-2)38(35,36)23-12-9-21(28)10-13-23/h3-13,16-17H,14-15,18H2,1-2H3,(H,30,31,34). The van der Waals surface area contributed by atoms with Crippen LogP contribution in [0, 0.1) is 12.7 Å². The molecular weight excluding hydrogens is 531 g/mol. The first-order valence-corrected chi connectivity index (χ1v) is 13.5. The Morgan fingerprint density at radius 1 is 1.11 bits per heavy atom. The smallest absolute Gasteiger partial charge is 0.243 e. The van der Waals surface area contributed by atoms with Gasteiger partial charge in [0.1, 0.15) is 5.82 Å². The van der Waals surface area contributed by atoms with Crippen LogP contribution in [0.25, 0.3) is 16.9 Å². The summed E-state index contributed by atoms with van der Waals surface area (Å²) in [5.74, 6) is -0.917. The van der Waals surface area contributed by atoms with Gasteiger partial charge < -0.3 is 4.74 Å². The van der Waals surface area contributed by atoms with Crippen LogP contribution >= 0.6 is 11.6 Å². The van der Waals surface area contributed by atoms with Gasteiger partial charge in [-0.3, -0.25) is 14.7 Å². The van der Waals surface area contributed by atoms with Crippen LogP contribution in [0.2, 0.25) is 5.02 Å². The summed E-state index contributed by atoms with van der Waals surface area (Å²) in [4.78, 5) is 17.7. The second-order valence-corrected chi connectivity index (χ2v) is 10.8. The number of aromatic nitrogens is 2. The molecule has 0 saturated carbocycles. The van der Waals surface area contributed by atoms with E-state index in [9.17, 15) is 17.6 Å². The van der Waals surface area contributed by atoms with Crippen LogP contribution in [0.5, 0.6) is 0 Å². The van der Waals surface area contributed by atoms with Gasteiger partial charge >= 0.3 is 0 Å². The zero-order valence-electron chi connectivity index (χ0n) is 20.8. The molecule has 1 heterocycles. The average Bonchev–Trinajstić information content (AvgIpc) is 3.32. The number of aryl methyl sites for hydroxylation is 1. The van der Waals surface area contributed by atoms with Crippen molar-refractivity contribution in [1.29, 1.82) is 0 Å². The third-order valence-electron chi connectivity index (χ3n) is 5.78. The van der Waals surface area contributed by atoms with Gasteiger partial charge in [-0.2, -0.15) is 4.31 Å². The molecule has 4 aromatic rings. The minimum Gasteiger partial charge on any atom is -0.383 e. The highest BCUT2D eigenvalue weighted by Crippen LogP contribution is 2.26. The summed E-state index contributed by atoms with van der Waals surface area (Å²) in [5.41, 5.74) is 2.26. The molecular formula is C27H26ClFN4O4S. The van der Waals surface area contributed by atoms with E-state index < -0.39 is 28.3 Å². The molecule has 0 aliphatic heterocycles. The van der Waals surface area contributed by atoms with Gasteiger partial charge in [0.25, 0.3) is 0 Å². The average molecular weight is 557 g/mol. The van der Waals surface area contributed by atoms with E-state index in [1.165, 1.54) is 37.4 Å². The van der Waals surface area contributed by atoms with Crippen molar-refractivity contribution in [2.24, 2.45) is 0 Å². The SMILES string of the molecule is COCCN(CC(=O)Nc1nc(-c2ccccc2)cn1-c1ccc(C)c(F)c1)S(=O)(=O)c1ccc(Cl)cc1. The zero-order chi connectivity index (χ0) is 27.3. The Hall–Kier alpha value is -3.57. The lowest BCUT2D eigenvalue weighted by atomic mass is 10.2. The van der Waals surface area contributed by atoms with Crippen molar-refractivity contribution in [2.45, 2.75) is 11.8 Å². The molecule has 0 bridgehead atoms. The molecule has 0 saturated heterocycles.